The zero-order chi connectivity index (χ0) is 19.2. The van der Waals surface area contributed by atoms with Crippen molar-refractivity contribution in [2.75, 3.05) is 17.7 Å². The van der Waals surface area contributed by atoms with Gasteiger partial charge in [-0.2, -0.15) is 0 Å². The Kier molecular flexibility index (Phi) is 5.94. The summed E-state index contributed by atoms with van der Waals surface area (Å²) < 4.78 is 5.15. The molecule has 138 valence electrons. The van der Waals surface area contributed by atoms with E-state index >= 15 is 0 Å². The van der Waals surface area contributed by atoms with Crippen molar-refractivity contribution in [3.63, 3.8) is 0 Å². The summed E-state index contributed by atoms with van der Waals surface area (Å²) >= 11 is 5.99. The summed E-state index contributed by atoms with van der Waals surface area (Å²) in [7, 11) is 1.64. The number of benzene rings is 2. The van der Waals surface area contributed by atoms with Gasteiger partial charge < -0.3 is 15.4 Å². The van der Waals surface area contributed by atoms with Crippen LogP contribution in [-0.2, 0) is 6.54 Å². The third kappa shape index (κ3) is 4.99. The summed E-state index contributed by atoms with van der Waals surface area (Å²) in [6.07, 6.45) is 1.64. The standard InChI is InChI=1S/C21H20ClN3O2/c1-14-3-6-16(22)11-20(14)25-21(26)19-10-7-17(13-24-19)23-12-15-4-8-18(27-2)9-5-15/h3-11,13,23H,12H2,1-2H3,(H,25,26). The van der Waals surface area contributed by atoms with Crippen LogP contribution in [0, 0.1) is 6.92 Å². The van der Waals surface area contributed by atoms with E-state index in [2.05, 4.69) is 15.6 Å². The SMILES string of the molecule is COc1ccc(CNc2ccc(C(=O)Nc3cc(Cl)ccc3C)nc2)cc1. The lowest BCUT2D eigenvalue weighted by atomic mass is 10.2. The number of nitrogens with zero attached hydrogens (tertiary/aromatic N) is 1. The number of carbonyl (C=O) groups is 1. The first-order valence-corrected chi connectivity index (χ1v) is 8.83. The van der Waals surface area contributed by atoms with Crippen LogP contribution in [0.15, 0.2) is 60.8 Å². The highest BCUT2D eigenvalue weighted by molar-refractivity contribution is 6.31. The van der Waals surface area contributed by atoms with Crippen LogP contribution >= 0.6 is 11.6 Å². The molecular weight excluding hydrogens is 362 g/mol. The molecule has 1 heterocycles. The molecule has 0 atom stereocenters. The predicted octanol–water partition coefficient (Wildman–Crippen LogP) is 4.92. The zero-order valence-corrected chi connectivity index (χ0v) is 15.9. The summed E-state index contributed by atoms with van der Waals surface area (Å²) in [6, 6.07) is 16.7. The van der Waals surface area contributed by atoms with Gasteiger partial charge in [0, 0.05) is 17.3 Å². The summed E-state index contributed by atoms with van der Waals surface area (Å²) in [6.45, 7) is 2.56. The topological polar surface area (TPSA) is 63.2 Å². The fraction of sp³-hybridized carbons (Fsp3) is 0.143. The molecule has 2 N–H and O–H groups in total. The lowest BCUT2D eigenvalue weighted by molar-refractivity contribution is 0.102. The van der Waals surface area contributed by atoms with E-state index in [1.807, 2.05) is 43.3 Å². The first-order valence-electron chi connectivity index (χ1n) is 8.45. The van der Waals surface area contributed by atoms with E-state index in [4.69, 9.17) is 16.3 Å². The number of pyridine rings is 1. The Hall–Kier alpha value is -3.05. The highest BCUT2D eigenvalue weighted by atomic mass is 35.5. The number of amides is 1. The maximum atomic E-state index is 12.4. The second-order valence-electron chi connectivity index (χ2n) is 6.05. The van der Waals surface area contributed by atoms with E-state index in [1.165, 1.54) is 0 Å². The number of ether oxygens (including phenoxy) is 1. The smallest absolute Gasteiger partial charge is 0.274 e. The molecule has 0 fully saturated rings. The number of carbonyl (C=O) groups excluding carboxylic acids is 1. The lowest BCUT2D eigenvalue weighted by Crippen LogP contribution is -2.14. The molecule has 0 bridgehead atoms. The van der Waals surface area contributed by atoms with Gasteiger partial charge in [-0.05, 0) is 54.4 Å². The third-order valence-electron chi connectivity index (χ3n) is 4.10. The number of methoxy groups -OCH3 is 1. The molecule has 6 heteroatoms. The molecule has 3 rings (SSSR count). The minimum absolute atomic E-state index is 0.276. The number of aromatic nitrogens is 1. The molecule has 0 spiro atoms. The summed E-state index contributed by atoms with van der Waals surface area (Å²) in [4.78, 5) is 16.6. The maximum Gasteiger partial charge on any atom is 0.274 e. The molecule has 0 unspecified atom stereocenters. The molecule has 1 aromatic heterocycles. The predicted molar refractivity (Wildman–Crippen MR) is 109 cm³/mol. The van der Waals surface area contributed by atoms with Gasteiger partial charge >= 0.3 is 0 Å². The number of aryl methyl sites for hydroxylation is 1. The average molecular weight is 382 g/mol. The Morgan fingerprint density at radius 2 is 1.89 bits per heavy atom. The van der Waals surface area contributed by atoms with Crippen molar-refractivity contribution in [1.29, 1.82) is 0 Å². The molecule has 0 aliphatic carbocycles. The van der Waals surface area contributed by atoms with E-state index < -0.39 is 0 Å². The molecular formula is C21H20ClN3O2. The van der Waals surface area contributed by atoms with E-state index in [1.54, 1.807) is 31.5 Å². The van der Waals surface area contributed by atoms with Gasteiger partial charge in [-0.1, -0.05) is 29.8 Å². The Balaban J connectivity index is 1.60. The van der Waals surface area contributed by atoms with Crippen molar-refractivity contribution < 1.29 is 9.53 Å². The van der Waals surface area contributed by atoms with Gasteiger partial charge in [0.05, 0.1) is 19.0 Å². The number of rotatable bonds is 6. The van der Waals surface area contributed by atoms with Crippen LogP contribution in [0.1, 0.15) is 21.6 Å². The van der Waals surface area contributed by atoms with Crippen molar-refractivity contribution in [3.05, 3.63) is 82.6 Å². The normalized spacial score (nSPS) is 10.3. The van der Waals surface area contributed by atoms with E-state index in [0.717, 1.165) is 22.6 Å². The van der Waals surface area contributed by atoms with Gasteiger partial charge in [0.25, 0.3) is 5.91 Å². The van der Waals surface area contributed by atoms with Crippen molar-refractivity contribution in [2.24, 2.45) is 0 Å². The molecule has 0 aliphatic rings. The molecule has 0 radical (unpaired) electrons. The number of nitrogens with one attached hydrogen (secondary N) is 2. The molecule has 5 nitrogen and oxygen atoms in total. The highest BCUT2D eigenvalue weighted by Crippen LogP contribution is 2.21. The van der Waals surface area contributed by atoms with Crippen LogP contribution in [0.2, 0.25) is 5.02 Å². The van der Waals surface area contributed by atoms with E-state index in [-0.39, 0.29) is 5.91 Å². The minimum Gasteiger partial charge on any atom is -0.497 e. The van der Waals surface area contributed by atoms with Crippen LogP contribution in [0.25, 0.3) is 0 Å². The summed E-state index contributed by atoms with van der Waals surface area (Å²) in [5, 5.41) is 6.69. The van der Waals surface area contributed by atoms with Crippen LogP contribution < -0.4 is 15.4 Å². The summed E-state index contributed by atoms with van der Waals surface area (Å²) in [5.41, 5.74) is 3.90. The minimum atomic E-state index is -0.276. The Morgan fingerprint density at radius 3 is 2.56 bits per heavy atom. The third-order valence-corrected chi connectivity index (χ3v) is 4.33. The van der Waals surface area contributed by atoms with Gasteiger partial charge in [0.15, 0.2) is 0 Å². The van der Waals surface area contributed by atoms with Gasteiger partial charge in [0.2, 0.25) is 0 Å². The van der Waals surface area contributed by atoms with Crippen molar-refractivity contribution in [3.8, 4) is 5.75 Å². The number of hydrogen-bond acceptors (Lipinski definition) is 4. The maximum absolute atomic E-state index is 12.4. The van der Waals surface area contributed by atoms with Crippen LogP contribution in [0.4, 0.5) is 11.4 Å². The molecule has 2 aromatic carbocycles. The van der Waals surface area contributed by atoms with Crippen molar-refractivity contribution >= 4 is 28.9 Å². The molecule has 27 heavy (non-hydrogen) atoms. The number of hydrogen-bond donors (Lipinski definition) is 2. The van der Waals surface area contributed by atoms with Gasteiger partial charge in [0.1, 0.15) is 11.4 Å². The van der Waals surface area contributed by atoms with E-state index in [0.29, 0.717) is 22.9 Å². The Bertz CT molecular complexity index is 925. The van der Waals surface area contributed by atoms with E-state index in [9.17, 15) is 4.79 Å². The van der Waals surface area contributed by atoms with Gasteiger partial charge in [-0.25, -0.2) is 4.98 Å². The molecule has 3 aromatic rings. The molecule has 0 aliphatic heterocycles. The second kappa shape index (κ2) is 8.56. The van der Waals surface area contributed by atoms with Crippen LogP contribution in [-0.4, -0.2) is 18.0 Å². The first-order chi connectivity index (χ1) is 13.0. The van der Waals surface area contributed by atoms with Crippen LogP contribution in [0.3, 0.4) is 0 Å². The average Bonchev–Trinajstić information content (AvgIpc) is 2.70. The fourth-order valence-corrected chi connectivity index (χ4v) is 2.67. The van der Waals surface area contributed by atoms with Crippen LogP contribution in [0.5, 0.6) is 5.75 Å². The Labute approximate surface area is 163 Å². The van der Waals surface area contributed by atoms with Gasteiger partial charge in [-0.3, -0.25) is 4.79 Å². The second-order valence-corrected chi connectivity index (χ2v) is 6.48. The largest absolute Gasteiger partial charge is 0.497 e. The monoisotopic (exact) mass is 381 g/mol. The van der Waals surface area contributed by atoms with Crippen molar-refractivity contribution in [2.45, 2.75) is 13.5 Å². The molecule has 0 saturated carbocycles. The fourth-order valence-electron chi connectivity index (χ4n) is 2.50. The number of halogens is 1. The zero-order valence-electron chi connectivity index (χ0n) is 15.1. The van der Waals surface area contributed by atoms with Crippen molar-refractivity contribution in [1.82, 2.24) is 4.98 Å². The Morgan fingerprint density at radius 1 is 1.11 bits per heavy atom. The summed E-state index contributed by atoms with van der Waals surface area (Å²) in [5.74, 6) is 0.549. The molecule has 1 amide bonds. The number of anilines is 2. The molecule has 0 saturated heterocycles. The first kappa shape index (κ1) is 18.7. The highest BCUT2D eigenvalue weighted by Gasteiger charge is 2.09. The quantitative estimate of drug-likeness (QED) is 0.636. The lowest BCUT2D eigenvalue weighted by Gasteiger charge is -2.10. The van der Waals surface area contributed by atoms with Gasteiger partial charge in [-0.15, -0.1) is 0 Å².